The topological polar surface area (TPSA) is 49.9 Å². The molecule has 1 fully saturated rings. The van der Waals surface area contributed by atoms with Crippen LogP contribution in [0, 0.1) is 5.82 Å². The largest absolute Gasteiger partial charge is 0.465 e. The number of benzene rings is 2. The van der Waals surface area contributed by atoms with Crippen molar-refractivity contribution in [2.45, 2.75) is 25.8 Å². The van der Waals surface area contributed by atoms with Gasteiger partial charge in [-0.05, 0) is 55.7 Å². The highest BCUT2D eigenvalue weighted by atomic mass is 79.9. The van der Waals surface area contributed by atoms with Crippen LogP contribution in [-0.2, 0) is 11.3 Å². The van der Waals surface area contributed by atoms with Gasteiger partial charge in [0.15, 0.2) is 0 Å². The van der Waals surface area contributed by atoms with Crippen molar-refractivity contribution in [3.05, 3.63) is 63.9 Å². The van der Waals surface area contributed by atoms with Crippen molar-refractivity contribution >= 4 is 33.6 Å². The molecule has 148 valence electrons. The fourth-order valence-electron chi connectivity index (χ4n) is 3.24. The van der Waals surface area contributed by atoms with Crippen LogP contribution in [0.4, 0.5) is 14.9 Å². The number of halogens is 2. The van der Waals surface area contributed by atoms with Gasteiger partial charge in [0.25, 0.3) is 0 Å². The van der Waals surface area contributed by atoms with E-state index in [1.807, 2.05) is 29.2 Å². The van der Waals surface area contributed by atoms with Gasteiger partial charge in [-0.1, -0.05) is 22.0 Å². The predicted molar refractivity (Wildman–Crippen MR) is 109 cm³/mol. The Morgan fingerprint density at radius 1 is 1.11 bits per heavy atom. The second kappa shape index (κ2) is 9.19. The Bertz CT molecular complexity index is 851. The van der Waals surface area contributed by atoms with Crippen molar-refractivity contribution in [2.24, 2.45) is 0 Å². The van der Waals surface area contributed by atoms with Crippen LogP contribution in [0.2, 0.25) is 0 Å². The van der Waals surface area contributed by atoms with Gasteiger partial charge < -0.3 is 9.64 Å². The molecular formula is C21H22BrFN2O3. The van der Waals surface area contributed by atoms with E-state index < -0.39 is 11.8 Å². The Kier molecular flexibility index (Phi) is 6.67. The van der Waals surface area contributed by atoms with Gasteiger partial charge in [-0.2, -0.15) is 0 Å². The summed E-state index contributed by atoms with van der Waals surface area (Å²) in [6.45, 7) is 1.48. The second-order valence-electron chi connectivity index (χ2n) is 6.69. The fraction of sp³-hybridized carbons (Fsp3) is 0.333. The molecular weight excluding hydrogens is 427 g/mol. The molecule has 0 aromatic heterocycles. The molecule has 1 heterocycles. The number of rotatable bonds is 4. The normalized spacial score (nSPS) is 13.9. The van der Waals surface area contributed by atoms with Gasteiger partial charge in [-0.3, -0.25) is 4.90 Å². The summed E-state index contributed by atoms with van der Waals surface area (Å²) in [5.41, 5.74) is 1.16. The highest BCUT2D eigenvalue weighted by Crippen LogP contribution is 2.24. The van der Waals surface area contributed by atoms with Crippen LogP contribution in [0.5, 0.6) is 0 Å². The van der Waals surface area contributed by atoms with Crippen LogP contribution >= 0.6 is 15.9 Å². The van der Waals surface area contributed by atoms with Gasteiger partial charge in [-0.25, -0.2) is 14.0 Å². The van der Waals surface area contributed by atoms with E-state index in [-0.39, 0.29) is 18.1 Å². The molecule has 0 aliphatic carbocycles. The van der Waals surface area contributed by atoms with Gasteiger partial charge in [0.2, 0.25) is 0 Å². The number of piperidine rings is 1. The Labute approximate surface area is 172 Å². The Balaban J connectivity index is 1.89. The lowest BCUT2D eigenvalue weighted by atomic mass is 10.1. The van der Waals surface area contributed by atoms with Crippen molar-refractivity contribution in [2.75, 3.05) is 25.1 Å². The molecule has 28 heavy (non-hydrogen) atoms. The van der Waals surface area contributed by atoms with E-state index in [1.165, 1.54) is 19.2 Å². The molecule has 0 bridgehead atoms. The minimum Gasteiger partial charge on any atom is -0.465 e. The first-order valence-electron chi connectivity index (χ1n) is 9.18. The summed E-state index contributed by atoms with van der Waals surface area (Å²) < 4.78 is 20.2. The second-order valence-corrected chi connectivity index (χ2v) is 7.61. The zero-order chi connectivity index (χ0) is 20.1. The number of anilines is 1. The zero-order valence-electron chi connectivity index (χ0n) is 15.7. The summed E-state index contributed by atoms with van der Waals surface area (Å²) in [5, 5.41) is 0. The number of likely N-dealkylation sites (tertiary alicyclic amines) is 1. The van der Waals surface area contributed by atoms with E-state index in [0.717, 1.165) is 29.8 Å². The van der Waals surface area contributed by atoms with Crippen LogP contribution in [0.25, 0.3) is 0 Å². The number of carbonyl (C=O) groups excluding carboxylic acids is 2. The monoisotopic (exact) mass is 448 g/mol. The number of hydrogen-bond donors (Lipinski definition) is 0. The van der Waals surface area contributed by atoms with Crippen molar-refractivity contribution < 1.29 is 18.7 Å². The lowest BCUT2D eigenvalue weighted by Gasteiger charge is -2.33. The average molecular weight is 449 g/mol. The summed E-state index contributed by atoms with van der Waals surface area (Å²) in [7, 11) is 1.25. The number of amides is 2. The lowest BCUT2D eigenvalue weighted by Crippen LogP contribution is -2.45. The molecule has 1 saturated heterocycles. The Morgan fingerprint density at radius 2 is 1.79 bits per heavy atom. The maximum absolute atomic E-state index is 14.6. The quantitative estimate of drug-likeness (QED) is 0.619. The molecule has 5 nitrogen and oxygen atoms in total. The molecule has 0 saturated carbocycles. The van der Waals surface area contributed by atoms with Crippen LogP contribution in [0.15, 0.2) is 46.9 Å². The third-order valence-corrected chi connectivity index (χ3v) is 5.33. The Hall–Kier alpha value is -2.41. The van der Waals surface area contributed by atoms with Crippen molar-refractivity contribution in [1.82, 2.24) is 4.90 Å². The average Bonchev–Trinajstić information content (AvgIpc) is 2.73. The molecule has 1 aliphatic heterocycles. The lowest BCUT2D eigenvalue weighted by molar-refractivity contribution is 0.0600. The number of esters is 1. The molecule has 0 radical (unpaired) electrons. The van der Waals surface area contributed by atoms with E-state index in [9.17, 15) is 14.0 Å². The molecule has 7 heteroatoms. The van der Waals surface area contributed by atoms with Gasteiger partial charge in [0.05, 0.1) is 19.2 Å². The maximum atomic E-state index is 14.6. The summed E-state index contributed by atoms with van der Waals surface area (Å²) in [6, 6.07) is 11.4. The summed E-state index contributed by atoms with van der Waals surface area (Å²) in [6.07, 6.45) is 3.07. The molecule has 0 N–H and O–H groups in total. The number of carbonyl (C=O) groups is 2. The molecule has 2 amide bonds. The third-order valence-electron chi connectivity index (χ3n) is 4.80. The van der Waals surface area contributed by atoms with Crippen LogP contribution in [0.1, 0.15) is 35.2 Å². The fourth-order valence-corrected chi connectivity index (χ4v) is 3.50. The van der Waals surface area contributed by atoms with E-state index >= 15 is 0 Å². The van der Waals surface area contributed by atoms with Crippen LogP contribution in [0.3, 0.4) is 0 Å². The van der Waals surface area contributed by atoms with Gasteiger partial charge >= 0.3 is 12.0 Å². The van der Waals surface area contributed by atoms with E-state index in [4.69, 9.17) is 0 Å². The van der Waals surface area contributed by atoms with Crippen molar-refractivity contribution in [1.29, 1.82) is 0 Å². The molecule has 3 rings (SSSR count). The minimum absolute atomic E-state index is 0.0737. The summed E-state index contributed by atoms with van der Waals surface area (Å²) in [5.74, 6) is -1.14. The highest BCUT2D eigenvalue weighted by Gasteiger charge is 2.25. The molecule has 2 aromatic rings. The standard InChI is InChI=1S/C21H22BrFN2O3/c1-28-20(26)15-5-6-16(19(23)13-15)14-25(18-9-7-17(22)8-10-18)21(27)24-11-3-2-4-12-24/h5-10,13H,2-4,11-12,14H2,1H3. The molecule has 1 aliphatic rings. The van der Waals surface area contributed by atoms with E-state index in [1.54, 1.807) is 4.90 Å². The number of ether oxygens (including phenoxy) is 1. The first-order valence-corrected chi connectivity index (χ1v) is 9.97. The van der Waals surface area contributed by atoms with Crippen molar-refractivity contribution in [3.63, 3.8) is 0 Å². The first kappa shape index (κ1) is 20.3. The highest BCUT2D eigenvalue weighted by molar-refractivity contribution is 9.10. The number of methoxy groups -OCH3 is 1. The summed E-state index contributed by atoms with van der Waals surface area (Å²) >= 11 is 3.40. The van der Waals surface area contributed by atoms with Crippen LogP contribution < -0.4 is 4.90 Å². The predicted octanol–water partition coefficient (Wildman–Crippen LogP) is 4.99. The maximum Gasteiger partial charge on any atom is 0.337 e. The van der Waals surface area contributed by atoms with Gasteiger partial charge in [-0.15, -0.1) is 0 Å². The van der Waals surface area contributed by atoms with E-state index in [2.05, 4.69) is 20.7 Å². The number of nitrogens with zero attached hydrogens (tertiary/aromatic N) is 2. The third kappa shape index (κ3) is 4.70. The molecule has 0 atom stereocenters. The smallest absolute Gasteiger partial charge is 0.337 e. The number of urea groups is 1. The molecule has 0 unspecified atom stereocenters. The SMILES string of the molecule is COC(=O)c1ccc(CN(C(=O)N2CCCCC2)c2ccc(Br)cc2)c(F)c1. The van der Waals surface area contributed by atoms with Crippen LogP contribution in [-0.4, -0.2) is 37.1 Å². The van der Waals surface area contributed by atoms with Crippen molar-refractivity contribution in [3.8, 4) is 0 Å². The van der Waals surface area contributed by atoms with E-state index in [0.29, 0.717) is 24.3 Å². The summed E-state index contributed by atoms with van der Waals surface area (Å²) in [4.78, 5) is 28.2. The minimum atomic E-state index is -0.598. The number of hydrogen-bond acceptors (Lipinski definition) is 3. The zero-order valence-corrected chi connectivity index (χ0v) is 17.2. The van der Waals surface area contributed by atoms with Gasteiger partial charge in [0.1, 0.15) is 5.82 Å². The molecule has 0 spiro atoms. The first-order chi connectivity index (χ1) is 13.5. The van der Waals surface area contributed by atoms with Gasteiger partial charge in [0, 0.05) is 28.8 Å². The molecule has 2 aromatic carbocycles. The Morgan fingerprint density at radius 3 is 2.39 bits per heavy atom.